The zero-order valence-corrected chi connectivity index (χ0v) is 16.1. The van der Waals surface area contributed by atoms with Crippen molar-refractivity contribution in [1.29, 1.82) is 0 Å². The summed E-state index contributed by atoms with van der Waals surface area (Å²) in [5.74, 6) is 0.154. The third-order valence-electron chi connectivity index (χ3n) is 4.58. The number of hydrogen-bond donors (Lipinski definition) is 2. The van der Waals surface area contributed by atoms with E-state index in [9.17, 15) is 9.59 Å². The molecule has 0 aliphatic carbocycles. The Morgan fingerprint density at radius 2 is 1.88 bits per heavy atom. The molecule has 3 N–H and O–H groups in total. The quantitative estimate of drug-likeness (QED) is 0.692. The second kappa shape index (κ2) is 9.37. The van der Waals surface area contributed by atoms with Crippen molar-refractivity contribution in [2.75, 3.05) is 40.3 Å². The Kier molecular flexibility index (Phi) is 8.16. The van der Waals surface area contributed by atoms with E-state index in [-0.39, 0.29) is 23.1 Å². The molecular weight excluding hydrogens is 304 g/mol. The zero-order chi connectivity index (χ0) is 18.3. The summed E-state index contributed by atoms with van der Waals surface area (Å²) in [6.45, 7) is 9.21. The molecule has 0 aromatic heterocycles. The minimum absolute atomic E-state index is 0.00612. The summed E-state index contributed by atoms with van der Waals surface area (Å²) in [6, 6.07) is -0.396. The summed E-state index contributed by atoms with van der Waals surface area (Å²) in [7, 11) is 4.08. The van der Waals surface area contributed by atoms with Crippen molar-refractivity contribution in [2.24, 2.45) is 17.1 Å². The highest BCUT2D eigenvalue weighted by Gasteiger charge is 2.30. The monoisotopic (exact) mass is 340 g/mol. The number of carbonyl (C=O) groups is 2. The molecule has 0 bridgehead atoms. The first-order valence-corrected chi connectivity index (χ1v) is 9.13. The number of piperidine rings is 1. The largest absolute Gasteiger partial charge is 0.355 e. The molecule has 0 aromatic carbocycles. The summed E-state index contributed by atoms with van der Waals surface area (Å²) in [4.78, 5) is 28.6. The summed E-state index contributed by atoms with van der Waals surface area (Å²) in [5.41, 5.74) is 5.96. The van der Waals surface area contributed by atoms with Gasteiger partial charge < -0.3 is 20.9 Å². The smallest absolute Gasteiger partial charge is 0.239 e. The van der Waals surface area contributed by atoms with Gasteiger partial charge in [-0.1, -0.05) is 27.2 Å². The van der Waals surface area contributed by atoms with E-state index < -0.39 is 6.04 Å². The van der Waals surface area contributed by atoms with E-state index in [1.54, 1.807) is 0 Å². The number of likely N-dealkylation sites (tertiary alicyclic amines) is 1. The number of nitrogens with two attached hydrogens (primary N) is 1. The Hall–Kier alpha value is -1.14. The van der Waals surface area contributed by atoms with E-state index in [4.69, 9.17) is 5.73 Å². The molecule has 1 aliphatic heterocycles. The Labute approximate surface area is 147 Å². The van der Waals surface area contributed by atoms with Gasteiger partial charge in [0.05, 0.1) is 6.04 Å². The molecule has 1 heterocycles. The third-order valence-corrected chi connectivity index (χ3v) is 4.58. The molecule has 0 spiro atoms. The highest BCUT2D eigenvalue weighted by atomic mass is 16.2. The maximum atomic E-state index is 12.4. The van der Waals surface area contributed by atoms with Crippen LogP contribution in [-0.4, -0.2) is 67.9 Å². The lowest BCUT2D eigenvalue weighted by molar-refractivity contribution is -0.136. The van der Waals surface area contributed by atoms with Crippen LogP contribution >= 0.6 is 0 Å². The number of rotatable bonds is 8. The lowest BCUT2D eigenvalue weighted by atomic mass is 9.91. The molecule has 1 aliphatic rings. The van der Waals surface area contributed by atoms with Crippen LogP contribution in [0.15, 0.2) is 0 Å². The summed E-state index contributed by atoms with van der Waals surface area (Å²) in [6.07, 6.45) is 3.09. The molecule has 1 rings (SSSR count). The second-order valence-electron chi connectivity index (χ2n) is 8.11. The molecule has 0 aromatic rings. The summed E-state index contributed by atoms with van der Waals surface area (Å²) < 4.78 is 0. The highest BCUT2D eigenvalue weighted by Crippen LogP contribution is 2.20. The van der Waals surface area contributed by atoms with Gasteiger partial charge >= 0.3 is 0 Å². The van der Waals surface area contributed by atoms with Gasteiger partial charge in [-0.2, -0.15) is 0 Å². The number of hydrogen-bond acceptors (Lipinski definition) is 4. The van der Waals surface area contributed by atoms with E-state index >= 15 is 0 Å². The molecule has 0 radical (unpaired) electrons. The van der Waals surface area contributed by atoms with Gasteiger partial charge in [-0.25, -0.2) is 0 Å². The van der Waals surface area contributed by atoms with Crippen LogP contribution in [0.3, 0.4) is 0 Å². The van der Waals surface area contributed by atoms with Gasteiger partial charge in [0.1, 0.15) is 0 Å². The van der Waals surface area contributed by atoms with Crippen molar-refractivity contribution in [3.8, 4) is 0 Å². The van der Waals surface area contributed by atoms with Gasteiger partial charge in [-0.3, -0.25) is 9.59 Å². The van der Waals surface area contributed by atoms with Crippen molar-refractivity contribution in [2.45, 2.75) is 52.5 Å². The van der Waals surface area contributed by atoms with Crippen molar-refractivity contribution >= 4 is 11.8 Å². The number of carbonyl (C=O) groups excluding carboxylic acids is 2. The average Bonchev–Trinajstić information content (AvgIpc) is 2.51. The first-order valence-electron chi connectivity index (χ1n) is 9.13. The lowest BCUT2D eigenvalue weighted by Crippen LogP contribution is -2.49. The Bertz CT molecular complexity index is 415. The normalized spacial score (nSPS) is 17.9. The van der Waals surface area contributed by atoms with Gasteiger partial charge in [-0.05, 0) is 38.8 Å². The van der Waals surface area contributed by atoms with Crippen molar-refractivity contribution in [3.05, 3.63) is 0 Å². The first kappa shape index (κ1) is 20.9. The molecular formula is C18H36N4O2. The van der Waals surface area contributed by atoms with Crippen molar-refractivity contribution in [1.82, 2.24) is 15.1 Å². The maximum Gasteiger partial charge on any atom is 0.239 e. The fraction of sp³-hybridized carbons (Fsp3) is 0.889. The third kappa shape index (κ3) is 6.77. The lowest BCUT2D eigenvalue weighted by Gasteiger charge is -2.34. The average molecular weight is 341 g/mol. The Balaban J connectivity index is 2.39. The molecule has 1 unspecified atom stereocenters. The predicted molar refractivity (Wildman–Crippen MR) is 97.5 cm³/mol. The van der Waals surface area contributed by atoms with Crippen LogP contribution in [0.1, 0.15) is 46.5 Å². The van der Waals surface area contributed by atoms with Crippen LogP contribution < -0.4 is 11.1 Å². The summed E-state index contributed by atoms with van der Waals surface area (Å²) >= 11 is 0. The first-order chi connectivity index (χ1) is 11.2. The number of nitrogens with one attached hydrogen (secondary N) is 1. The van der Waals surface area contributed by atoms with E-state index in [0.717, 1.165) is 32.2 Å². The van der Waals surface area contributed by atoms with Gasteiger partial charge in [0.25, 0.3) is 0 Å². The fourth-order valence-electron chi connectivity index (χ4n) is 3.41. The van der Waals surface area contributed by atoms with Gasteiger partial charge in [0, 0.05) is 32.1 Å². The molecule has 140 valence electrons. The van der Waals surface area contributed by atoms with Crippen LogP contribution in [0.5, 0.6) is 0 Å². The van der Waals surface area contributed by atoms with Gasteiger partial charge in [0.15, 0.2) is 0 Å². The fourth-order valence-corrected chi connectivity index (χ4v) is 3.41. The van der Waals surface area contributed by atoms with E-state index in [0.29, 0.717) is 19.6 Å². The molecule has 24 heavy (non-hydrogen) atoms. The second-order valence-corrected chi connectivity index (χ2v) is 8.11. The van der Waals surface area contributed by atoms with Gasteiger partial charge in [-0.15, -0.1) is 0 Å². The standard InChI is InChI=1S/C18H36N4O2/c1-6-7-15(19)17(24)22-10-8-14(9-11-22)16(23)20-12-18(2,3)13-21(4)5/h14-15H,6-13,19H2,1-5H3,(H,20,23). The van der Waals surface area contributed by atoms with Crippen molar-refractivity contribution in [3.63, 3.8) is 0 Å². The topological polar surface area (TPSA) is 78.7 Å². The van der Waals surface area contributed by atoms with Crippen LogP contribution in [0.4, 0.5) is 0 Å². The van der Waals surface area contributed by atoms with Crippen LogP contribution in [0.25, 0.3) is 0 Å². The van der Waals surface area contributed by atoms with Crippen LogP contribution in [-0.2, 0) is 9.59 Å². The zero-order valence-electron chi connectivity index (χ0n) is 16.1. The number of nitrogens with zero attached hydrogens (tertiary/aromatic N) is 2. The molecule has 1 fully saturated rings. The minimum Gasteiger partial charge on any atom is -0.355 e. The van der Waals surface area contributed by atoms with Crippen LogP contribution in [0.2, 0.25) is 0 Å². The summed E-state index contributed by atoms with van der Waals surface area (Å²) in [5, 5.41) is 3.09. The van der Waals surface area contributed by atoms with E-state index in [2.05, 4.69) is 24.1 Å². The SMILES string of the molecule is CCCC(N)C(=O)N1CCC(C(=O)NCC(C)(C)CN(C)C)CC1. The van der Waals surface area contributed by atoms with E-state index in [1.807, 2.05) is 25.9 Å². The highest BCUT2D eigenvalue weighted by molar-refractivity contribution is 5.82. The van der Waals surface area contributed by atoms with Gasteiger partial charge in [0.2, 0.25) is 11.8 Å². The molecule has 6 heteroatoms. The Morgan fingerprint density at radius 3 is 2.38 bits per heavy atom. The molecule has 0 saturated carbocycles. The molecule has 6 nitrogen and oxygen atoms in total. The number of amides is 2. The van der Waals surface area contributed by atoms with Crippen molar-refractivity contribution < 1.29 is 9.59 Å². The maximum absolute atomic E-state index is 12.4. The van der Waals surface area contributed by atoms with Crippen LogP contribution in [0, 0.1) is 11.3 Å². The molecule has 2 amide bonds. The Morgan fingerprint density at radius 1 is 1.29 bits per heavy atom. The predicted octanol–water partition coefficient (Wildman–Crippen LogP) is 1.06. The van der Waals surface area contributed by atoms with E-state index in [1.165, 1.54) is 0 Å². The molecule has 1 atom stereocenters. The molecule has 1 saturated heterocycles. The minimum atomic E-state index is -0.396.